The molecular formula is C25H25N3O3S2. The Kier molecular flexibility index (Phi) is 7.27. The second-order valence-electron chi connectivity index (χ2n) is 7.73. The van der Waals surface area contributed by atoms with Crippen LogP contribution in [-0.2, 0) is 9.53 Å². The van der Waals surface area contributed by atoms with Gasteiger partial charge in [-0.15, -0.1) is 0 Å². The zero-order valence-electron chi connectivity index (χ0n) is 18.7. The van der Waals surface area contributed by atoms with Crippen LogP contribution in [0.3, 0.4) is 0 Å². The molecule has 8 heteroatoms. The molecule has 1 fully saturated rings. The highest BCUT2D eigenvalue weighted by atomic mass is 32.2. The Hall–Kier alpha value is -2.94. The van der Waals surface area contributed by atoms with Gasteiger partial charge >= 0.3 is 0 Å². The predicted octanol–water partition coefficient (Wildman–Crippen LogP) is 5.17. The summed E-state index contributed by atoms with van der Waals surface area (Å²) < 4.78 is 13.2. The summed E-state index contributed by atoms with van der Waals surface area (Å²) in [4.78, 5) is 15.1. The molecule has 1 aliphatic rings. The number of ether oxygens (including phenoxy) is 2. The van der Waals surface area contributed by atoms with E-state index >= 15 is 0 Å². The van der Waals surface area contributed by atoms with Crippen LogP contribution in [0.2, 0.25) is 0 Å². The number of hydrogen-bond donors (Lipinski definition) is 0. The van der Waals surface area contributed by atoms with Crippen molar-refractivity contribution in [3.8, 4) is 22.7 Å². The first-order valence-electron chi connectivity index (χ1n) is 10.6. The minimum atomic E-state index is -0.110. The fraction of sp³-hybridized carbons (Fsp3) is 0.240. The molecule has 2 heterocycles. The quantitative estimate of drug-likeness (QED) is 0.328. The predicted molar refractivity (Wildman–Crippen MR) is 137 cm³/mol. The first kappa shape index (κ1) is 23.2. The Bertz CT molecular complexity index is 1170. The lowest BCUT2D eigenvalue weighted by Gasteiger charge is -2.12. The Labute approximate surface area is 203 Å². The van der Waals surface area contributed by atoms with E-state index in [1.54, 1.807) is 12.0 Å². The summed E-state index contributed by atoms with van der Waals surface area (Å²) in [5.41, 5.74) is 3.48. The van der Waals surface area contributed by atoms with Crippen LogP contribution in [0.5, 0.6) is 5.75 Å². The van der Waals surface area contributed by atoms with Crippen molar-refractivity contribution in [1.29, 1.82) is 0 Å². The number of benzene rings is 2. The summed E-state index contributed by atoms with van der Waals surface area (Å²) in [6.45, 7) is 4.86. The number of hydrogen-bond acceptors (Lipinski definition) is 6. The third-order valence-electron chi connectivity index (χ3n) is 4.94. The number of carbonyl (C=O) groups is 1. The molecule has 33 heavy (non-hydrogen) atoms. The molecule has 6 nitrogen and oxygen atoms in total. The summed E-state index contributed by atoms with van der Waals surface area (Å²) in [7, 11) is 1.61. The molecule has 0 atom stereocenters. The van der Waals surface area contributed by atoms with Crippen molar-refractivity contribution < 1.29 is 14.3 Å². The number of nitrogens with zero attached hydrogens (tertiary/aromatic N) is 3. The smallest absolute Gasteiger partial charge is 0.266 e. The minimum absolute atomic E-state index is 0.101. The molecule has 0 unspecified atom stereocenters. The van der Waals surface area contributed by atoms with E-state index in [2.05, 4.69) is 0 Å². The molecule has 3 aromatic rings. The molecule has 0 N–H and O–H groups in total. The summed E-state index contributed by atoms with van der Waals surface area (Å²) in [6.07, 6.45) is 3.90. The standard InChI is InChI=1S/C25H25N3O3S2/c1-17(2)31-21-11-9-18(10-12-21)23-19(16-28(26-23)20-7-5-4-6-8-20)15-22-24(29)27(13-14-30-3)25(32)33-22/h4-12,15-17H,13-14H2,1-3H3/b22-15-. The van der Waals surface area contributed by atoms with Gasteiger partial charge in [0.2, 0.25) is 0 Å². The summed E-state index contributed by atoms with van der Waals surface area (Å²) in [6, 6.07) is 17.7. The molecule has 0 radical (unpaired) electrons. The molecule has 170 valence electrons. The zero-order valence-corrected chi connectivity index (χ0v) is 20.4. The summed E-state index contributed by atoms with van der Waals surface area (Å²) in [5, 5.41) is 4.84. The van der Waals surface area contributed by atoms with Crippen molar-refractivity contribution in [3.63, 3.8) is 0 Å². The summed E-state index contributed by atoms with van der Waals surface area (Å²) >= 11 is 6.72. The maximum absolute atomic E-state index is 12.9. The molecular weight excluding hydrogens is 454 g/mol. The van der Waals surface area contributed by atoms with E-state index in [1.807, 2.05) is 85.4 Å². The number of para-hydroxylation sites is 1. The van der Waals surface area contributed by atoms with Gasteiger partial charge in [-0.2, -0.15) is 5.10 Å². The van der Waals surface area contributed by atoms with Crippen molar-refractivity contribution in [2.75, 3.05) is 20.3 Å². The second-order valence-corrected chi connectivity index (χ2v) is 9.41. The monoisotopic (exact) mass is 479 g/mol. The zero-order chi connectivity index (χ0) is 23.4. The minimum Gasteiger partial charge on any atom is -0.491 e. The van der Waals surface area contributed by atoms with Crippen LogP contribution < -0.4 is 4.74 Å². The molecule has 0 spiro atoms. The van der Waals surface area contributed by atoms with Crippen LogP contribution in [0.1, 0.15) is 19.4 Å². The third kappa shape index (κ3) is 5.35. The third-order valence-corrected chi connectivity index (χ3v) is 6.32. The molecule has 1 aliphatic heterocycles. The van der Waals surface area contributed by atoms with Gasteiger partial charge in [0.1, 0.15) is 10.1 Å². The lowest BCUT2D eigenvalue weighted by atomic mass is 10.1. The van der Waals surface area contributed by atoms with E-state index in [4.69, 9.17) is 26.8 Å². The molecule has 2 aromatic carbocycles. The van der Waals surface area contributed by atoms with Crippen LogP contribution in [0.15, 0.2) is 65.7 Å². The first-order chi connectivity index (χ1) is 16.0. The number of thioether (sulfide) groups is 1. The van der Waals surface area contributed by atoms with Crippen LogP contribution >= 0.6 is 24.0 Å². The van der Waals surface area contributed by atoms with Gasteiger partial charge in [-0.25, -0.2) is 4.68 Å². The second kappa shape index (κ2) is 10.3. The summed E-state index contributed by atoms with van der Waals surface area (Å²) in [5.74, 6) is 0.693. The topological polar surface area (TPSA) is 56.6 Å². The van der Waals surface area contributed by atoms with Gasteiger partial charge in [0.15, 0.2) is 0 Å². The number of rotatable bonds is 8. The van der Waals surface area contributed by atoms with Crippen molar-refractivity contribution >= 4 is 40.3 Å². The van der Waals surface area contributed by atoms with E-state index in [1.165, 1.54) is 11.8 Å². The van der Waals surface area contributed by atoms with E-state index in [-0.39, 0.29) is 12.0 Å². The largest absolute Gasteiger partial charge is 0.491 e. The van der Waals surface area contributed by atoms with Gasteiger partial charge in [0, 0.05) is 24.4 Å². The average molecular weight is 480 g/mol. The van der Waals surface area contributed by atoms with Gasteiger partial charge in [0.25, 0.3) is 5.91 Å². The van der Waals surface area contributed by atoms with Crippen LogP contribution in [0.25, 0.3) is 23.0 Å². The number of carbonyl (C=O) groups excluding carboxylic acids is 1. The maximum atomic E-state index is 12.9. The Morgan fingerprint density at radius 3 is 2.52 bits per heavy atom. The number of thiocarbonyl (C=S) groups is 1. The number of amides is 1. The SMILES string of the molecule is COCCN1C(=O)/C(=C/c2cn(-c3ccccc3)nc2-c2ccc(OC(C)C)cc2)SC1=S. The van der Waals surface area contributed by atoms with Gasteiger partial charge < -0.3 is 9.47 Å². The van der Waals surface area contributed by atoms with E-state index in [9.17, 15) is 4.79 Å². The number of aromatic nitrogens is 2. The van der Waals surface area contributed by atoms with Crippen molar-refractivity contribution in [2.45, 2.75) is 20.0 Å². The molecule has 1 saturated heterocycles. The normalized spacial score (nSPS) is 15.2. The van der Waals surface area contributed by atoms with E-state index in [0.29, 0.717) is 22.4 Å². The van der Waals surface area contributed by atoms with Crippen LogP contribution in [0, 0.1) is 0 Å². The molecule has 4 rings (SSSR count). The van der Waals surface area contributed by atoms with Crippen molar-refractivity contribution in [1.82, 2.24) is 14.7 Å². The maximum Gasteiger partial charge on any atom is 0.266 e. The van der Waals surface area contributed by atoms with E-state index < -0.39 is 0 Å². The fourth-order valence-electron chi connectivity index (χ4n) is 3.41. The Balaban J connectivity index is 1.72. The molecule has 0 bridgehead atoms. The highest BCUT2D eigenvalue weighted by Gasteiger charge is 2.32. The first-order valence-corrected chi connectivity index (χ1v) is 11.8. The fourth-order valence-corrected chi connectivity index (χ4v) is 4.71. The van der Waals surface area contributed by atoms with Crippen molar-refractivity contribution in [3.05, 3.63) is 71.3 Å². The highest BCUT2D eigenvalue weighted by Crippen LogP contribution is 2.35. The highest BCUT2D eigenvalue weighted by molar-refractivity contribution is 8.26. The molecule has 1 aromatic heterocycles. The number of methoxy groups -OCH3 is 1. The van der Waals surface area contributed by atoms with Crippen molar-refractivity contribution in [2.24, 2.45) is 0 Å². The molecule has 1 amide bonds. The lowest BCUT2D eigenvalue weighted by Crippen LogP contribution is -2.31. The average Bonchev–Trinajstić information content (AvgIpc) is 3.34. The van der Waals surface area contributed by atoms with Gasteiger partial charge in [0.05, 0.1) is 35.5 Å². The van der Waals surface area contributed by atoms with Gasteiger partial charge in [-0.3, -0.25) is 9.69 Å². The van der Waals surface area contributed by atoms with Crippen LogP contribution in [0.4, 0.5) is 0 Å². The van der Waals surface area contributed by atoms with E-state index in [0.717, 1.165) is 28.3 Å². The lowest BCUT2D eigenvalue weighted by molar-refractivity contribution is -0.122. The Morgan fingerprint density at radius 1 is 1.12 bits per heavy atom. The molecule has 0 saturated carbocycles. The van der Waals surface area contributed by atoms with Gasteiger partial charge in [-0.1, -0.05) is 42.2 Å². The van der Waals surface area contributed by atoms with Crippen LogP contribution in [-0.4, -0.2) is 51.3 Å². The Morgan fingerprint density at radius 2 is 1.85 bits per heavy atom. The van der Waals surface area contributed by atoms with Gasteiger partial charge in [-0.05, 0) is 56.3 Å². The molecule has 0 aliphatic carbocycles.